The van der Waals surface area contributed by atoms with Crippen molar-refractivity contribution in [2.24, 2.45) is 0 Å². The Morgan fingerprint density at radius 1 is 1.22 bits per heavy atom. The van der Waals surface area contributed by atoms with Crippen LogP contribution in [0.1, 0.15) is 23.7 Å². The molecule has 1 aliphatic heterocycles. The molecule has 3 rings (SSSR count). The van der Waals surface area contributed by atoms with E-state index >= 15 is 0 Å². The molecule has 1 aromatic carbocycles. The van der Waals surface area contributed by atoms with Crippen LogP contribution in [0.2, 0.25) is 0 Å². The fourth-order valence-corrected chi connectivity index (χ4v) is 3.21. The minimum absolute atomic E-state index is 0.558. The van der Waals surface area contributed by atoms with E-state index in [2.05, 4.69) is 14.5 Å². The summed E-state index contributed by atoms with van der Waals surface area (Å²) in [6, 6.07) is 3.76. The first-order valence-corrected chi connectivity index (χ1v) is 7.83. The molecule has 6 nitrogen and oxygen atoms in total. The smallest absolute Gasteiger partial charge is 0.125 e. The van der Waals surface area contributed by atoms with Crippen LogP contribution in [0, 0.1) is 0 Å². The van der Waals surface area contributed by atoms with Crippen LogP contribution in [0.4, 0.5) is 0 Å². The van der Waals surface area contributed by atoms with E-state index in [-0.39, 0.29) is 0 Å². The number of methoxy groups -OCH3 is 2. The number of β-amino-alcohol motifs (C(OH)–C–C–N with tert-alkyl or cyclic N) is 1. The molecule has 1 aliphatic rings. The summed E-state index contributed by atoms with van der Waals surface area (Å²) in [5.41, 5.74) is 1.88. The lowest BCUT2D eigenvalue weighted by Crippen LogP contribution is -2.35. The number of aryl methyl sites for hydroxylation is 1. The Balaban J connectivity index is 1.71. The molecular formula is C17H23N3O3. The van der Waals surface area contributed by atoms with Gasteiger partial charge in [0.2, 0.25) is 0 Å². The van der Waals surface area contributed by atoms with Gasteiger partial charge in [-0.25, -0.2) is 4.98 Å². The van der Waals surface area contributed by atoms with Gasteiger partial charge >= 0.3 is 0 Å². The van der Waals surface area contributed by atoms with E-state index in [9.17, 15) is 5.11 Å². The van der Waals surface area contributed by atoms with E-state index in [1.165, 1.54) is 0 Å². The Bertz CT molecular complexity index is 643. The largest absolute Gasteiger partial charge is 0.496 e. The number of aromatic nitrogens is 2. The molecule has 0 saturated heterocycles. The van der Waals surface area contributed by atoms with Gasteiger partial charge in [0.1, 0.15) is 11.5 Å². The summed E-state index contributed by atoms with van der Waals surface area (Å²) in [6.45, 7) is 3.21. The molecule has 0 saturated carbocycles. The average Bonchev–Trinajstić information content (AvgIpc) is 3.07. The van der Waals surface area contributed by atoms with Crippen molar-refractivity contribution in [3.05, 3.63) is 42.0 Å². The molecule has 0 aliphatic carbocycles. The predicted molar refractivity (Wildman–Crippen MR) is 86.6 cm³/mol. The van der Waals surface area contributed by atoms with Gasteiger partial charge in [0.25, 0.3) is 0 Å². The molecule has 0 bridgehead atoms. The van der Waals surface area contributed by atoms with Crippen molar-refractivity contribution in [1.29, 1.82) is 0 Å². The Morgan fingerprint density at radius 2 is 2.00 bits per heavy atom. The number of ether oxygens (including phenoxy) is 2. The molecule has 1 atom stereocenters. The second kappa shape index (κ2) is 7.02. The minimum atomic E-state index is -0.558. The topological polar surface area (TPSA) is 59.8 Å². The number of fused-ring (bicyclic) bond motifs is 1. The summed E-state index contributed by atoms with van der Waals surface area (Å²) in [4.78, 5) is 6.31. The van der Waals surface area contributed by atoms with Gasteiger partial charge in [-0.2, -0.15) is 0 Å². The predicted octanol–water partition coefficient (Wildman–Crippen LogP) is 1.84. The van der Waals surface area contributed by atoms with Crippen LogP contribution in [-0.4, -0.2) is 46.9 Å². The molecule has 23 heavy (non-hydrogen) atoms. The first-order valence-electron chi connectivity index (χ1n) is 7.83. The summed E-state index contributed by atoms with van der Waals surface area (Å²) >= 11 is 0. The third kappa shape index (κ3) is 3.33. The van der Waals surface area contributed by atoms with Gasteiger partial charge in [-0.1, -0.05) is 0 Å². The monoisotopic (exact) mass is 317 g/mol. The summed E-state index contributed by atoms with van der Waals surface area (Å²) < 4.78 is 12.9. The number of aliphatic hydroxyl groups is 1. The van der Waals surface area contributed by atoms with Crippen molar-refractivity contribution >= 4 is 0 Å². The van der Waals surface area contributed by atoms with Crippen molar-refractivity contribution in [3.8, 4) is 11.5 Å². The molecule has 0 radical (unpaired) electrons. The van der Waals surface area contributed by atoms with E-state index in [1.807, 2.05) is 24.7 Å². The van der Waals surface area contributed by atoms with Gasteiger partial charge in [-0.05, 0) is 18.6 Å². The highest BCUT2D eigenvalue weighted by Crippen LogP contribution is 2.39. The molecule has 1 aromatic heterocycles. The van der Waals surface area contributed by atoms with E-state index in [0.29, 0.717) is 6.54 Å². The van der Waals surface area contributed by atoms with Gasteiger partial charge in [0, 0.05) is 49.7 Å². The maximum atomic E-state index is 10.6. The number of nitrogens with zero attached hydrogens (tertiary/aromatic N) is 3. The van der Waals surface area contributed by atoms with E-state index in [0.717, 1.165) is 48.7 Å². The average molecular weight is 317 g/mol. The van der Waals surface area contributed by atoms with Crippen molar-refractivity contribution < 1.29 is 14.6 Å². The van der Waals surface area contributed by atoms with E-state index < -0.39 is 6.10 Å². The first-order chi connectivity index (χ1) is 11.2. The van der Waals surface area contributed by atoms with Gasteiger partial charge in [0.15, 0.2) is 0 Å². The summed E-state index contributed by atoms with van der Waals surface area (Å²) in [5, 5.41) is 10.6. The zero-order chi connectivity index (χ0) is 16.2. The third-order valence-electron chi connectivity index (χ3n) is 4.31. The lowest BCUT2D eigenvalue weighted by Gasteiger charge is -2.34. The fraction of sp³-hybridized carbons (Fsp3) is 0.471. The molecule has 6 heteroatoms. The van der Waals surface area contributed by atoms with Crippen molar-refractivity contribution in [2.45, 2.75) is 25.6 Å². The summed E-state index contributed by atoms with van der Waals surface area (Å²) in [5.74, 6) is 1.53. The molecule has 1 N–H and O–H groups in total. The Kier molecular flexibility index (Phi) is 4.83. The molecule has 2 heterocycles. The second-order valence-corrected chi connectivity index (χ2v) is 5.77. The number of imidazole rings is 1. The number of aliphatic hydroxyl groups excluding tert-OH is 1. The molecular weight excluding hydrogens is 294 g/mol. The highest BCUT2D eigenvalue weighted by atomic mass is 16.5. The van der Waals surface area contributed by atoms with Crippen LogP contribution in [0.5, 0.6) is 11.5 Å². The molecule has 0 fully saturated rings. The first kappa shape index (κ1) is 15.8. The van der Waals surface area contributed by atoms with E-state index in [4.69, 9.17) is 9.47 Å². The second-order valence-electron chi connectivity index (χ2n) is 5.77. The Morgan fingerprint density at radius 3 is 2.70 bits per heavy atom. The van der Waals surface area contributed by atoms with Crippen LogP contribution in [0.15, 0.2) is 30.9 Å². The molecule has 124 valence electrons. The zero-order valence-corrected chi connectivity index (χ0v) is 13.6. The minimum Gasteiger partial charge on any atom is -0.496 e. The van der Waals surface area contributed by atoms with Crippen LogP contribution in [-0.2, 0) is 13.1 Å². The Labute approximate surface area is 136 Å². The quantitative estimate of drug-likeness (QED) is 0.881. The SMILES string of the molecule is COc1ccc(OC)c2c1CN(CCCn1ccnc1)CC2O. The Hall–Kier alpha value is -2.05. The van der Waals surface area contributed by atoms with Gasteiger partial charge in [-0.15, -0.1) is 0 Å². The standard InChI is InChI=1S/C17H23N3O3/c1-22-15-4-5-16(23-2)17-13(15)10-20(11-14(17)21)8-3-7-19-9-6-18-12-19/h4-6,9,12,14,21H,3,7-8,10-11H2,1-2H3. The normalized spacial score (nSPS) is 17.8. The van der Waals surface area contributed by atoms with Crippen LogP contribution < -0.4 is 9.47 Å². The maximum absolute atomic E-state index is 10.6. The van der Waals surface area contributed by atoms with Crippen molar-refractivity contribution in [2.75, 3.05) is 27.3 Å². The number of hydrogen-bond acceptors (Lipinski definition) is 5. The molecule has 1 unspecified atom stereocenters. The highest BCUT2D eigenvalue weighted by Gasteiger charge is 2.29. The van der Waals surface area contributed by atoms with Gasteiger partial charge in [-0.3, -0.25) is 4.90 Å². The molecule has 0 amide bonds. The lowest BCUT2D eigenvalue weighted by molar-refractivity contribution is 0.0870. The van der Waals surface area contributed by atoms with Crippen LogP contribution >= 0.6 is 0 Å². The molecule has 0 spiro atoms. The van der Waals surface area contributed by atoms with Crippen LogP contribution in [0.25, 0.3) is 0 Å². The summed E-state index contributed by atoms with van der Waals surface area (Å²) in [7, 11) is 3.29. The van der Waals surface area contributed by atoms with Gasteiger partial charge < -0.3 is 19.1 Å². The highest BCUT2D eigenvalue weighted by molar-refractivity contribution is 5.51. The van der Waals surface area contributed by atoms with Gasteiger partial charge in [0.05, 0.1) is 26.7 Å². The number of hydrogen-bond donors (Lipinski definition) is 1. The number of benzene rings is 1. The van der Waals surface area contributed by atoms with Crippen molar-refractivity contribution in [3.63, 3.8) is 0 Å². The fourth-order valence-electron chi connectivity index (χ4n) is 3.21. The third-order valence-corrected chi connectivity index (χ3v) is 4.31. The summed E-state index contributed by atoms with van der Waals surface area (Å²) in [6.07, 6.45) is 6.03. The van der Waals surface area contributed by atoms with E-state index in [1.54, 1.807) is 20.4 Å². The number of rotatable bonds is 6. The maximum Gasteiger partial charge on any atom is 0.125 e. The van der Waals surface area contributed by atoms with Crippen LogP contribution in [0.3, 0.4) is 0 Å². The zero-order valence-electron chi connectivity index (χ0n) is 13.6. The lowest BCUT2D eigenvalue weighted by atomic mass is 9.95. The molecule has 2 aromatic rings. The van der Waals surface area contributed by atoms with Crippen molar-refractivity contribution in [1.82, 2.24) is 14.5 Å².